The van der Waals surface area contributed by atoms with Crippen LogP contribution in [0.2, 0.25) is 10.0 Å². The zero-order valence-electron chi connectivity index (χ0n) is 10.7. The molecule has 0 unspecified atom stereocenters. The van der Waals surface area contributed by atoms with Gasteiger partial charge >= 0.3 is 0 Å². The van der Waals surface area contributed by atoms with E-state index in [9.17, 15) is 4.79 Å². The summed E-state index contributed by atoms with van der Waals surface area (Å²) < 4.78 is 0. The standard InChI is InChI=1S/C15H14Cl2N2O/c16-13-5-4-11(7-14(13)17)9-19-15(20)8-10-2-1-3-12(18)6-10/h1-7H,8-9,18H2,(H,19,20). The second kappa shape index (κ2) is 6.64. The molecule has 3 N–H and O–H groups in total. The van der Waals surface area contributed by atoms with Gasteiger partial charge in [0.05, 0.1) is 16.5 Å². The molecule has 1 amide bonds. The zero-order valence-corrected chi connectivity index (χ0v) is 12.2. The van der Waals surface area contributed by atoms with Crippen LogP contribution in [0.1, 0.15) is 11.1 Å². The number of rotatable bonds is 4. The molecule has 0 spiro atoms. The summed E-state index contributed by atoms with van der Waals surface area (Å²) in [5, 5.41) is 3.81. The maximum Gasteiger partial charge on any atom is 0.224 e. The van der Waals surface area contributed by atoms with Crippen LogP contribution in [0.3, 0.4) is 0 Å². The monoisotopic (exact) mass is 308 g/mol. The number of hydrogen-bond donors (Lipinski definition) is 2. The van der Waals surface area contributed by atoms with Crippen molar-refractivity contribution in [2.75, 3.05) is 5.73 Å². The number of carbonyl (C=O) groups excluding carboxylic acids is 1. The minimum Gasteiger partial charge on any atom is -0.399 e. The molecule has 0 atom stereocenters. The minimum atomic E-state index is -0.0679. The molecule has 20 heavy (non-hydrogen) atoms. The smallest absolute Gasteiger partial charge is 0.224 e. The number of halogens is 2. The van der Waals surface area contributed by atoms with Gasteiger partial charge in [-0.15, -0.1) is 0 Å². The summed E-state index contributed by atoms with van der Waals surface area (Å²) in [5.41, 5.74) is 8.11. The number of nitrogens with one attached hydrogen (secondary N) is 1. The Kier molecular flexibility index (Phi) is 4.88. The minimum absolute atomic E-state index is 0.0679. The summed E-state index contributed by atoms with van der Waals surface area (Å²) >= 11 is 11.8. The van der Waals surface area contributed by atoms with Gasteiger partial charge in [-0.25, -0.2) is 0 Å². The van der Waals surface area contributed by atoms with Crippen LogP contribution >= 0.6 is 23.2 Å². The maximum absolute atomic E-state index is 11.8. The van der Waals surface area contributed by atoms with Crippen LogP contribution in [0, 0.1) is 0 Å². The van der Waals surface area contributed by atoms with E-state index in [2.05, 4.69) is 5.32 Å². The molecule has 2 rings (SSSR count). The molecule has 0 fully saturated rings. The Labute approximate surface area is 127 Å². The molecular formula is C15H14Cl2N2O. The first kappa shape index (κ1) is 14.7. The molecule has 0 aliphatic rings. The number of nitrogens with two attached hydrogens (primary N) is 1. The molecule has 0 heterocycles. The first-order chi connectivity index (χ1) is 9.54. The number of hydrogen-bond acceptors (Lipinski definition) is 2. The fourth-order valence-corrected chi connectivity index (χ4v) is 2.12. The summed E-state index contributed by atoms with van der Waals surface area (Å²) in [6, 6.07) is 12.6. The molecule has 0 saturated carbocycles. The van der Waals surface area contributed by atoms with Crippen LogP contribution in [0.25, 0.3) is 0 Å². The number of anilines is 1. The Morgan fingerprint density at radius 3 is 2.55 bits per heavy atom. The first-order valence-corrected chi connectivity index (χ1v) is 6.85. The van der Waals surface area contributed by atoms with Gasteiger partial charge < -0.3 is 11.1 Å². The highest BCUT2D eigenvalue weighted by Gasteiger charge is 2.05. The number of amides is 1. The molecule has 2 aromatic carbocycles. The number of carbonyl (C=O) groups is 1. The van der Waals surface area contributed by atoms with Gasteiger partial charge in [0.25, 0.3) is 0 Å². The Morgan fingerprint density at radius 1 is 1.05 bits per heavy atom. The summed E-state index contributed by atoms with van der Waals surface area (Å²) in [6.07, 6.45) is 0.298. The molecular weight excluding hydrogens is 295 g/mol. The van der Waals surface area contributed by atoms with Gasteiger partial charge in [0, 0.05) is 12.2 Å². The van der Waals surface area contributed by atoms with Gasteiger partial charge in [0.1, 0.15) is 0 Å². The van der Waals surface area contributed by atoms with Crippen molar-refractivity contribution >= 4 is 34.8 Å². The zero-order chi connectivity index (χ0) is 14.5. The lowest BCUT2D eigenvalue weighted by Gasteiger charge is -2.07. The lowest BCUT2D eigenvalue weighted by atomic mass is 10.1. The van der Waals surface area contributed by atoms with Crippen LogP contribution in [0.4, 0.5) is 5.69 Å². The molecule has 0 bridgehead atoms. The Balaban J connectivity index is 1.90. The molecule has 3 nitrogen and oxygen atoms in total. The van der Waals surface area contributed by atoms with E-state index in [1.165, 1.54) is 0 Å². The fourth-order valence-electron chi connectivity index (χ4n) is 1.80. The van der Waals surface area contributed by atoms with E-state index in [0.717, 1.165) is 11.1 Å². The van der Waals surface area contributed by atoms with Crippen molar-refractivity contribution in [3.8, 4) is 0 Å². The first-order valence-electron chi connectivity index (χ1n) is 6.09. The van der Waals surface area contributed by atoms with Gasteiger partial charge in [0.15, 0.2) is 0 Å². The molecule has 2 aromatic rings. The highest BCUT2D eigenvalue weighted by molar-refractivity contribution is 6.42. The Morgan fingerprint density at radius 2 is 1.85 bits per heavy atom. The second-order valence-corrected chi connectivity index (χ2v) is 5.26. The summed E-state index contributed by atoms with van der Waals surface area (Å²) in [7, 11) is 0. The second-order valence-electron chi connectivity index (χ2n) is 4.45. The summed E-state index contributed by atoms with van der Waals surface area (Å²) in [5.74, 6) is -0.0679. The predicted octanol–water partition coefficient (Wildman–Crippen LogP) is 3.43. The van der Waals surface area contributed by atoms with Crippen molar-refractivity contribution in [2.45, 2.75) is 13.0 Å². The molecule has 0 radical (unpaired) electrons. The highest BCUT2D eigenvalue weighted by atomic mass is 35.5. The maximum atomic E-state index is 11.8. The third kappa shape index (κ3) is 4.15. The van der Waals surface area contributed by atoms with E-state index in [4.69, 9.17) is 28.9 Å². The summed E-state index contributed by atoms with van der Waals surface area (Å²) in [6.45, 7) is 0.415. The van der Waals surface area contributed by atoms with Crippen LogP contribution in [0.5, 0.6) is 0 Å². The molecule has 0 aliphatic heterocycles. The van der Waals surface area contributed by atoms with Crippen molar-refractivity contribution in [1.82, 2.24) is 5.32 Å². The third-order valence-corrected chi connectivity index (χ3v) is 3.53. The normalized spacial score (nSPS) is 10.3. The molecule has 0 aromatic heterocycles. The van der Waals surface area contributed by atoms with Crippen molar-refractivity contribution in [2.24, 2.45) is 0 Å². The predicted molar refractivity (Wildman–Crippen MR) is 82.9 cm³/mol. The van der Waals surface area contributed by atoms with E-state index in [-0.39, 0.29) is 5.91 Å². The van der Waals surface area contributed by atoms with Crippen LogP contribution < -0.4 is 11.1 Å². The van der Waals surface area contributed by atoms with Crippen molar-refractivity contribution in [3.63, 3.8) is 0 Å². The topological polar surface area (TPSA) is 55.1 Å². The van der Waals surface area contributed by atoms with Crippen LogP contribution in [0.15, 0.2) is 42.5 Å². The molecule has 104 valence electrons. The van der Waals surface area contributed by atoms with Crippen LogP contribution in [-0.4, -0.2) is 5.91 Å². The average Bonchev–Trinajstić information content (AvgIpc) is 2.40. The molecule has 0 aliphatic carbocycles. The Hall–Kier alpha value is -1.71. The van der Waals surface area contributed by atoms with Gasteiger partial charge in [-0.1, -0.05) is 41.4 Å². The lowest BCUT2D eigenvalue weighted by molar-refractivity contribution is -0.120. The van der Waals surface area contributed by atoms with Crippen LogP contribution in [-0.2, 0) is 17.8 Å². The van der Waals surface area contributed by atoms with Crippen molar-refractivity contribution in [1.29, 1.82) is 0 Å². The average molecular weight is 309 g/mol. The van der Waals surface area contributed by atoms with Gasteiger partial charge in [0.2, 0.25) is 5.91 Å². The number of nitrogen functional groups attached to an aromatic ring is 1. The van der Waals surface area contributed by atoms with E-state index >= 15 is 0 Å². The van der Waals surface area contributed by atoms with E-state index in [1.54, 1.807) is 24.3 Å². The molecule has 5 heteroatoms. The quantitative estimate of drug-likeness (QED) is 0.850. The van der Waals surface area contributed by atoms with E-state index < -0.39 is 0 Å². The third-order valence-electron chi connectivity index (χ3n) is 2.79. The largest absolute Gasteiger partial charge is 0.399 e. The Bertz CT molecular complexity index is 629. The van der Waals surface area contributed by atoms with E-state index in [1.807, 2.05) is 18.2 Å². The molecule has 0 saturated heterocycles. The fraction of sp³-hybridized carbons (Fsp3) is 0.133. The van der Waals surface area contributed by atoms with Gasteiger partial charge in [-0.05, 0) is 35.4 Å². The SMILES string of the molecule is Nc1cccc(CC(=O)NCc2ccc(Cl)c(Cl)c2)c1. The van der Waals surface area contributed by atoms with Gasteiger partial charge in [-0.2, -0.15) is 0 Å². The van der Waals surface area contributed by atoms with Crippen molar-refractivity contribution in [3.05, 3.63) is 63.6 Å². The number of benzene rings is 2. The summed E-state index contributed by atoms with van der Waals surface area (Å²) in [4.78, 5) is 11.8. The van der Waals surface area contributed by atoms with E-state index in [0.29, 0.717) is 28.7 Å². The van der Waals surface area contributed by atoms with Gasteiger partial charge in [-0.3, -0.25) is 4.79 Å². The van der Waals surface area contributed by atoms with Crippen molar-refractivity contribution < 1.29 is 4.79 Å². The highest BCUT2D eigenvalue weighted by Crippen LogP contribution is 2.22. The lowest BCUT2D eigenvalue weighted by Crippen LogP contribution is -2.24.